The summed E-state index contributed by atoms with van der Waals surface area (Å²) in [6.07, 6.45) is 0. The maximum atomic E-state index is 12.1. The molecule has 0 spiro atoms. The number of halogens is 2. The third-order valence-electron chi connectivity index (χ3n) is 3.45. The van der Waals surface area contributed by atoms with Crippen molar-refractivity contribution in [3.63, 3.8) is 0 Å². The molecule has 1 heterocycles. The first-order valence-electron chi connectivity index (χ1n) is 6.49. The van der Waals surface area contributed by atoms with Gasteiger partial charge >= 0.3 is 0 Å². The third-order valence-corrected chi connectivity index (χ3v) is 3.90. The number of ketones is 1. The fourth-order valence-electron chi connectivity index (χ4n) is 2.28. The minimum absolute atomic E-state index is 0.0258. The fourth-order valence-corrected chi connectivity index (χ4v) is 2.52. The molecule has 0 N–H and O–H groups in total. The predicted octanol–water partition coefficient (Wildman–Crippen LogP) is 4.62. The van der Waals surface area contributed by atoms with Gasteiger partial charge in [-0.2, -0.15) is 0 Å². The lowest BCUT2D eigenvalue weighted by molar-refractivity contribution is 0.0991. The summed E-state index contributed by atoms with van der Waals surface area (Å²) >= 11 is 11.8. The molecule has 1 aromatic heterocycles. The van der Waals surface area contributed by atoms with Gasteiger partial charge in [-0.05, 0) is 44.5 Å². The summed E-state index contributed by atoms with van der Waals surface area (Å²) in [5, 5.41) is 0.223. The summed E-state index contributed by atoms with van der Waals surface area (Å²) in [4.78, 5) is 12.1. The maximum Gasteiger partial charge on any atom is 0.182 e. The summed E-state index contributed by atoms with van der Waals surface area (Å²) in [7, 11) is 0. The molecule has 0 aliphatic carbocycles. The van der Waals surface area contributed by atoms with Crippen LogP contribution in [-0.4, -0.2) is 15.7 Å². The van der Waals surface area contributed by atoms with Crippen LogP contribution in [0.3, 0.4) is 0 Å². The molecule has 0 saturated heterocycles. The average Bonchev–Trinajstić information content (AvgIpc) is 2.68. The van der Waals surface area contributed by atoms with Crippen molar-refractivity contribution in [2.45, 2.75) is 32.7 Å². The van der Waals surface area contributed by atoms with Gasteiger partial charge in [-0.15, -0.1) is 11.6 Å². The van der Waals surface area contributed by atoms with Gasteiger partial charge in [0.25, 0.3) is 0 Å². The molecule has 0 amide bonds. The van der Waals surface area contributed by atoms with Crippen LogP contribution < -0.4 is 0 Å². The number of aromatic nitrogens is 1. The van der Waals surface area contributed by atoms with Crippen LogP contribution in [0, 0.1) is 13.8 Å². The zero-order valence-corrected chi connectivity index (χ0v) is 13.3. The second kappa shape index (κ2) is 6.02. The number of alkyl halides is 1. The lowest BCUT2D eigenvalue weighted by Gasteiger charge is -2.10. The van der Waals surface area contributed by atoms with Crippen molar-refractivity contribution in [3.8, 4) is 0 Å². The Morgan fingerprint density at radius 1 is 1.25 bits per heavy atom. The van der Waals surface area contributed by atoms with Crippen molar-refractivity contribution < 1.29 is 4.79 Å². The maximum absolute atomic E-state index is 12.1. The van der Waals surface area contributed by atoms with E-state index in [-0.39, 0.29) is 5.78 Å². The highest BCUT2D eigenvalue weighted by Gasteiger charge is 2.19. The molecule has 0 saturated carbocycles. The van der Waals surface area contributed by atoms with Crippen molar-refractivity contribution in [3.05, 3.63) is 57.9 Å². The summed E-state index contributed by atoms with van der Waals surface area (Å²) in [5.74, 6) is -0.0258. The second-order valence-corrected chi connectivity index (χ2v) is 6.07. The van der Waals surface area contributed by atoms with Crippen LogP contribution in [0.4, 0.5) is 0 Å². The molecular weight excluding hydrogens is 293 g/mol. The molecule has 0 bridgehead atoms. The predicted molar refractivity (Wildman–Crippen MR) is 84.1 cm³/mol. The Morgan fingerprint density at radius 3 is 2.40 bits per heavy atom. The molecule has 1 atom stereocenters. The van der Waals surface area contributed by atoms with E-state index >= 15 is 0 Å². The number of hydrogen-bond donors (Lipinski definition) is 0. The number of rotatable bonds is 4. The van der Waals surface area contributed by atoms with Gasteiger partial charge in [0.1, 0.15) is 0 Å². The number of Topliss-reactive ketones (excluding diaryl/α,β-unsaturated/α-hetero) is 1. The van der Waals surface area contributed by atoms with Crippen LogP contribution in [0.1, 0.15) is 34.2 Å². The van der Waals surface area contributed by atoms with E-state index in [1.165, 1.54) is 0 Å². The Bertz CT molecular complexity index is 627. The Balaban J connectivity index is 2.33. The van der Waals surface area contributed by atoms with Crippen molar-refractivity contribution in [2.75, 3.05) is 0 Å². The van der Waals surface area contributed by atoms with E-state index in [1.807, 2.05) is 44.2 Å². The Morgan fingerprint density at radius 2 is 1.85 bits per heavy atom. The van der Waals surface area contributed by atoms with Gasteiger partial charge in [-0.1, -0.05) is 23.7 Å². The van der Waals surface area contributed by atoms with Crippen LogP contribution in [0.15, 0.2) is 30.3 Å². The summed E-state index contributed by atoms with van der Waals surface area (Å²) in [6.45, 7) is 6.38. The van der Waals surface area contributed by atoms with Gasteiger partial charge in [0, 0.05) is 28.5 Å². The standard InChI is InChI=1S/C16H17Cl2NO/c1-10-8-15(16(20)11(2)17)12(3)19(10)9-13-4-6-14(18)7-5-13/h4-8,11H,9H2,1-3H3. The van der Waals surface area contributed by atoms with Crippen LogP contribution in [0.5, 0.6) is 0 Å². The zero-order valence-electron chi connectivity index (χ0n) is 11.8. The Hall–Kier alpha value is -1.25. The van der Waals surface area contributed by atoms with E-state index in [0.717, 1.165) is 28.5 Å². The molecule has 4 heteroatoms. The van der Waals surface area contributed by atoms with Crippen LogP contribution in [0.25, 0.3) is 0 Å². The average molecular weight is 310 g/mol. The monoisotopic (exact) mass is 309 g/mol. The summed E-state index contributed by atoms with van der Waals surface area (Å²) in [5.41, 5.74) is 3.86. The van der Waals surface area contributed by atoms with Crippen LogP contribution in [-0.2, 0) is 6.54 Å². The van der Waals surface area contributed by atoms with E-state index in [1.54, 1.807) is 6.92 Å². The molecule has 1 aromatic carbocycles. The van der Waals surface area contributed by atoms with Crippen LogP contribution in [0.2, 0.25) is 5.02 Å². The number of carbonyl (C=O) groups excluding carboxylic acids is 1. The van der Waals surface area contributed by atoms with E-state index < -0.39 is 5.38 Å². The topological polar surface area (TPSA) is 22.0 Å². The molecule has 2 nitrogen and oxygen atoms in total. The lowest BCUT2D eigenvalue weighted by Crippen LogP contribution is -2.12. The quantitative estimate of drug-likeness (QED) is 0.597. The first kappa shape index (κ1) is 15.1. The molecule has 20 heavy (non-hydrogen) atoms. The van der Waals surface area contributed by atoms with Gasteiger partial charge in [0.05, 0.1) is 5.38 Å². The Labute approximate surface area is 129 Å². The molecule has 0 radical (unpaired) electrons. The SMILES string of the molecule is Cc1cc(C(=O)C(C)Cl)c(C)n1Cc1ccc(Cl)cc1. The fraction of sp³-hybridized carbons (Fsp3) is 0.312. The number of nitrogens with zero attached hydrogens (tertiary/aromatic N) is 1. The van der Waals surface area contributed by atoms with E-state index in [9.17, 15) is 4.79 Å². The second-order valence-electron chi connectivity index (χ2n) is 4.98. The molecule has 0 aliphatic heterocycles. The van der Waals surface area contributed by atoms with Gasteiger partial charge in [0.15, 0.2) is 5.78 Å². The highest BCUT2D eigenvalue weighted by Crippen LogP contribution is 2.20. The molecule has 2 rings (SSSR count). The number of hydrogen-bond acceptors (Lipinski definition) is 1. The largest absolute Gasteiger partial charge is 0.344 e. The number of aryl methyl sites for hydroxylation is 1. The highest BCUT2D eigenvalue weighted by atomic mass is 35.5. The normalized spacial score (nSPS) is 12.4. The third kappa shape index (κ3) is 3.08. The molecule has 106 valence electrons. The molecule has 2 aromatic rings. The summed E-state index contributed by atoms with van der Waals surface area (Å²) < 4.78 is 2.12. The summed E-state index contributed by atoms with van der Waals surface area (Å²) in [6, 6.07) is 9.64. The van der Waals surface area contributed by atoms with E-state index in [0.29, 0.717) is 5.56 Å². The molecular formula is C16H17Cl2NO. The van der Waals surface area contributed by atoms with Crippen LogP contribution >= 0.6 is 23.2 Å². The van der Waals surface area contributed by atoms with E-state index in [2.05, 4.69) is 4.57 Å². The van der Waals surface area contributed by atoms with Gasteiger partial charge in [-0.3, -0.25) is 4.79 Å². The first-order valence-corrected chi connectivity index (χ1v) is 7.31. The van der Waals surface area contributed by atoms with Gasteiger partial charge < -0.3 is 4.57 Å². The van der Waals surface area contributed by atoms with E-state index in [4.69, 9.17) is 23.2 Å². The first-order chi connectivity index (χ1) is 9.40. The minimum Gasteiger partial charge on any atom is -0.344 e. The van der Waals surface area contributed by atoms with Crippen molar-refractivity contribution in [1.82, 2.24) is 4.57 Å². The molecule has 0 aliphatic rings. The smallest absolute Gasteiger partial charge is 0.182 e. The van der Waals surface area contributed by atoms with Crippen molar-refractivity contribution in [1.29, 1.82) is 0 Å². The van der Waals surface area contributed by atoms with Crippen molar-refractivity contribution in [2.24, 2.45) is 0 Å². The van der Waals surface area contributed by atoms with Crippen molar-refractivity contribution >= 4 is 29.0 Å². The Kier molecular flexibility index (Phi) is 4.56. The molecule has 0 fully saturated rings. The molecule has 1 unspecified atom stereocenters. The van der Waals surface area contributed by atoms with Gasteiger partial charge in [-0.25, -0.2) is 0 Å². The zero-order chi connectivity index (χ0) is 14.9. The highest BCUT2D eigenvalue weighted by molar-refractivity contribution is 6.33. The number of carbonyl (C=O) groups is 1. The van der Waals surface area contributed by atoms with Gasteiger partial charge in [0.2, 0.25) is 0 Å². The number of benzene rings is 1. The minimum atomic E-state index is -0.500. The lowest BCUT2D eigenvalue weighted by atomic mass is 10.1.